The van der Waals surface area contributed by atoms with Crippen molar-refractivity contribution in [3.05, 3.63) is 0 Å². The summed E-state index contributed by atoms with van der Waals surface area (Å²) in [5, 5.41) is 3.72. The highest BCUT2D eigenvalue weighted by atomic mass is 16.5. The van der Waals surface area contributed by atoms with E-state index in [1.165, 1.54) is 38.5 Å². The van der Waals surface area contributed by atoms with Crippen molar-refractivity contribution in [3.8, 4) is 0 Å². The van der Waals surface area contributed by atoms with Crippen molar-refractivity contribution in [2.75, 3.05) is 20.3 Å². The van der Waals surface area contributed by atoms with E-state index in [1.807, 2.05) is 7.11 Å². The van der Waals surface area contributed by atoms with Gasteiger partial charge in [0.2, 0.25) is 0 Å². The van der Waals surface area contributed by atoms with Gasteiger partial charge in [-0.2, -0.15) is 0 Å². The summed E-state index contributed by atoms with van der Waals surface area (Å²) in [6.07, 6.45) is 9.02. The lowest BCUT2D eigenvalue weighted by molar-refractivity contribution is -0.0852. The third-order valence-electron chi connectivity index (χ3n) is 5.61. The second kappa shape index (κ2) is 4.55. The average Bonchev–Trinajstić information content (AvgIpc) is 2.27. The Labute approximate surface area is 105 Å². The molecular formula is C15H27NO. The zero-order chi connectivity index (χ0) is 11.9. The summed E-state index contributed by atoms with van der Waals surface area (Å²) in [5.41, 5.74) is 0.584. The van der Waals surface area contributed by atoms with Crippen LogP contribution in [0.3, 0.4) is 0 Å². The van der Waals surface area contributed by atoms with E-state index in [4.69, 9.17) is 4.74 Å². The van der Waals surface area contributed by atoms with Crippen LogP contribution in [0.4, 0.5) is 0 Å². The maximum atomic E-state index is 5.48. The zero-order valence-corrected chi connectivity index (χ0v) is 11.4. The normalized spacial score (nSPS) is 45.2. The number of nitrogens with one attached hydrogen (secondary N) is 1. The van der Waals surface area contributed by atoms with Crippen molar-refractivity contribution in [3.63, 3.8) is 0 Å². The molecule has 4 aliphatic carbocycles. The monoisotopic (exact) mass is 237 g/mol. The van der Waals surface area contributed by atoms with Gasteiger partial charge in [-0.15, -0.1) is 0 Å². The number of hydrogen-bond acceptors (Lipinski definition) is 2. The van der Waals surface area contributed by atoms with Crippen LogP contribution in [0.5, 0.6) is 0 Å². The van der Waals surface area contributed by atoms with Gasteiger partial charge in [0.25, 0.3) is 0 Å². The number of hydrogen-bond donors (Lipinski definition) is 1. The summed E-state index contributed by atoms with van der Waals surface area (Å²) in [6.45, 7) is 4.21. The number of rotatable bonds is 5. The Morgan fingerprint density at radius 2 is 1.65 bits per heavy atom. The Kier molecular flexibility index (Phi) is 3.20. The predicted molar refractivity (Wildman–Crippen MR) is 69.9 cm³/mol. The minimum atomic E-state index is 0.584. The van der Waals surface area contributed by atoms with Crippen LogP contribution in [0, 0.1) is 23.2 Å². The smallest absolute Gasteiger partial charge is 0.0621 e. The quantitative estimate of drug-likeness (QED) is 0.794. The molecule has 4 rings (SSSR count). The Balaban J connectivity index is 1.79. The summed E-state index contributed by atoms with van der Waals surface area (Å²) >= 11 is 0. The molecule has 4 bridgehead atoms. The van der Waals surface area contributed by atoms with Crippen LogP contribution < -0.4 is 5.32 Å². The number of methoxy groups -OCH3 is 1. The van der Waals surface area contributed by atoms with Gasteiger partial charge in [0.1, 0.15) is 0 Å². The van der Waals surface area contributed by atoms with Crippen LogP contribution in [-0.2, 0) is 4.74 Å². The highest BCUT2D eigenvalue weighted by Gasteiger charge is 2.53. The van der Waals surface area contributed by atoms with E-state index in [9.17, 15) is 0 Å². The fourth-order valence-corrected chi connectivity index (χ4v) is 5.47. The maximum absolute atomic E-state index is 5.48. The van der Waals surface area contributed by atoms with Gasteiger partial charge in [-0.3, -0.25) is 0 Å². The van der Waals surface area contributed by atoms with Gasteiger partial charge in [0, 0.05) is 13.2 Å². The highest BCUT2D eigenvalue weighted by Crippen LogP contribution is 2.61. The topological polar surface area (TPSA) is 21.3 Å². The van der Waals surface area contributed by atoms with Gasteiger partial charge in [0.15, 0.2) is 0 Å². The fourth-order valence-electron chi connectivity index (χ4n) is 5.47. The molecule has 0 heterocycles. The first-order valence-corrected chi connectivity index (χ1v) is 7.48. The van der Waals surface area contributed by atoms with Gasteiger partial charge < -0.3 is 10.1 Å². The molecule has 1 N–H and O–H groups in total. The van der Waals surface area contributed by atoms with E-state index in [0.29, 0.717) is 11.5 Å². The molecule has 98 valence electrons. The van der Waals surface area contributed by atoms with E-state index in [0.717, 1.165) is 30.9 Å². The molecule has 4 aliphatic rings. The van der Waals surface area contributed by atoms with Crippen molar-refractivity contribution in [1.29, 1.82) is 0 Å². The van der Waals surface area contributed by atoms with Gasteiger partial charge >= 0.3 is 0 Å². The first kappa shape index (κ1) is 12.0. The molecule has 2 nitrogen and oxygen atoms in total. The lowest BCUT2D eigenvalue weighted by Gasteiger charge is -2.59. The van der Waals surface area contributed by atoms with Crippen LogP contribution in [0.2, 0.25) is 0 Å². The third-order valence-corrected chi connectivity index (χ3v) is 5.61. The molecule has 4 fully saturated rings. The number of likely N-dealkylation sites (N-methyl/N-ethyl adjacent to an activating group) is 1. The summed E-state index contributed by atoms with van der Waals surface area (Å²) in [7, 11) is 1.85. The molecule has 2 heteroatoms. The van der Waals surface area contributed by atoms with Gasteiger partial charge in [-0.25, -0.2) is 0 Å². The summed E-state index contributed by atoms with van der Waals surface area (Å²) in [6, 6.07) is 0.603. The Hall–Kier alpha value is -0.0800. The van der Waals surface area contributed by atoms with Crippen molar-refractivity contribution < 1.29 is 4.74 Å². The van der Waals surface area contributed by atoms with Crippen LogP contribution in [0.15, 0.2) is 0 Å². The summed E-state index contributed by atoms with van der Waals surface area (Å²) < 4.78 is 5.48. The van der Waals surface area contributed by atoms with Crippen molar-refractivity contribution in [2.45, 2.75) is 51.5 Å². The van der Waals surface area contributed by atoms with E-state index >= 15 is 0 Å². The lowest BCUT2D eigenvalue weighted by Crippen LogP contribution is -2.57. The largest absolute Gasteiger partial charge is 0.383 e. The minimum absolute atomic E-state index is 0.584. The van der Waals surface area contributed by atoms with Gasteiger partial charge in [0.05, 0.1) is 6.61 Å². The molecule has 0 saturated heterocycles. The standard InChI is InChI=1S/C15H27NO/c1-3-16-14(10-17-2)15-7-11-4-12(8-15)6-13(5-11)9-15/h11-14,16H,3-10H2,1-2H3. The van der Waals surface area contributed by atoms with Crippen molar-refractivity contribution in [1.82, 2.24) is 5.32 Å². The predicted octanol–water partition coefficient (Wildman–Crippen LogP) is 2.83. The number of ether oxygens (including phenoxy) is 1. The lowest BCUT2D eigenvalue weighted by atomic mass is 9.47. The minimum Gasteiger partial charge on any atom is -0.383 e. The Bertz CT molecular complexity index is 235. The molecule has 1 atom stereocenters. The van der Waals surface area contributed by atoms with Gasteiger partial charge in [-0.05, 0) is 68.2 Å². The molecule has 0 aliphatic heterocycles. The van der Waals surface area contributed by atoms with Crippen LogP contribution >= 0.6 is 0 Å². The molecule has 0 spiro atoms. The fraction of sp³-hybridized carbons (Fsp3) is 1.00. The van der Waals surface area contributed by atoms with Crippen LogP contribution in [-0.4, -0.2) is 26.3 Å². The molecule has 0 aromatic rings. The van der Waals surface area contributed by atoms with E-state index in [1.54, 1.807) is 0 Å². The molecule has 0 aromatic heterocycles. The summed E-state index contributed by atoms with van der Waals surface area (Å²) in [5.74, 6) is 3.12. The molecule has 0 aromatic carbocycles. The molecular weight excluding hydrogens is 210 g/mol. The molecule has 4 saturated carbocycles. The Morgan fingerprint density at radius 1 is 1.12 bits per heavy atom. The van der Waals surface area contributed by atoms with Crippen molar-refractivity contribution in [2.24, 2.45) is 23.2 Å². The third kappa shape index (κ3) is 2.04. The Morgan fingerprint density at radius 3 is 2.06 bits per heavy atom. The van der Waals surface area contributed by atoms with Crippen LogP contribution in [0.25, 0.3) is 0 Å². The zero-order valence-electron chi connectivity index (χ0n) is 11.4. The first-order chi connectivity index (χ1) is 8.25. The molecule has 0 amide bonds. The maximum Gasteiger partial charge on any atom is 0.0621 e. The van der Waals surface area contributed by atoms with E-state index in [2.05, 4.69) is 12.2 Å². The molecule has 1 unspecified atom stereocenters. The van der Waals surface area contributed by atoms with Crippen LogP contribution in [0.1, 0.15) is 45.4 Å². The second-order valence-electron chi connectivity index (χ2n) is 6.85. The summed E-state index contributed by atoms with van der Waals surface area (Å²) in [4.78, 5) is 0. The average molecular weight is 237 g/mol. The second-order valence-corrected chi connectivity index (χ2v) is 6.85. The van der Waals surface area contributed by atoms with Crippen molar-refractivity contribution >= 4 is 0 Å². The SMILES string of the molecule is CCNC(COC)C12CC3CC(CC(C3)C1)C2. The van der Waals surface area contributed by atoms with Gasteiger partial charge in [-0.1, -0.05) is 6.92 Å². The molecule has 0 radical (unpaired) electrons. The first-order valence-electron chi connectivity index (χ1n) is 7.48. The molecule has 17 heavy (non-hydrogen) atoms. The highest BCUT2D eigenvalue weighted by molar-refractivity contribution is 5.06. The van der Waals surface area contributed by atoms with E-state index in [-0.39, 0.29) is 0 Å². The van der Waals surface area contributed by atoms with E-state index < -0.39 is 0 Å².